The second kappa shape index (κ2) is 8.76. The van der Waals surface area contributed by atoms with Crippen LogP contribution >= 0.6 is 11.3 Å². The summed E-state index contributed by atoms with van der Waals surface area (Å²) in [6.07, 6.45) is 15.1. The van der Waals surface area contributed by atoms with Gasteiger partial charge < -0.3 is 10.2 Å². The van der Waals surface area contributed by atoms with Crippen LogP contribution in [-0.4, -0.2) is 42.3 Å². The van der Waals surface area contributed by atoms with E-state index < -0.39 is 0 Å². The molecule has 1 saturated carbocycles. The quantitative estimate of drug-likeness (QED) is 0.579. The molecule has 2 aliphatic rings. The van der Waals surface area contributed by atoms with Crippen molar-refractivity contribution < 1.29 is 4.79 Å². The van der Waals surface area contributed by atoms with E-state index in [1.807, 2.05) is 5.38 Å². The molecule has 10 heteroatoms. The van der Waals surface area contributed by atoms with Crippen molar-refractivity contribution in [2.75, 3.05) is 17.2 Å². The number of nitrogens with zero attached hydrogens (tertiary/aromatic N) is 6. The highest BCUT2D eigenvalue weighted by molar-refractivity contribution is 7.14. The van der Waals surface area contributed by atoms with Gasteiger partial charge in [-0.15, -0.1) is 11.3 Å². The lowest BCUT2D eigenvalue weighted by atomic mass is 10.2. The van der Waals surface area contributed by atoms with E-state index in [4.69, 9.17) is 0 Å². The molecule has 0 unspecified atom stereocenters. The third-order valence-electron chi connectivity index (χ3n) is 5.09. The van der Waals surface area contributed by atoms with Crippen molar-refractivity contribution in [2.45, 2.75) is 38.1 Å². The summed E-state index contributed by atoms with van der Waals surface area (Å²) < 4.78 is 0. The van der Waals surface area contributed by atoms with Crippen molar-refractivity contribution >= 4 is 33.9 Å². The van der Waals surface area contributed by atoms with E-state index in [0.29, 0.717) is 22.6 Å². The van der Waals surface area contributed by atoms with Crippen LogP contribution in [-0.2, 0) is 6.54 Å². The second-order valence-electron chi connectivity index (χ2n) is 7.61. The summed E-state index contributed by atoms with van der Waals surface area (Å²) in [4.78, 5) is 36.9. The number of carbonyl (C=O) groups is 1. The molecule has 5 rings (SSSR count). The Kier molecular flexibility index (Phi) is 5.53. The summed E-state index contributed by atoms with van der Waals surface area (Å²) in [6, 6.07) is 0. The van der Waals surface area contributed by atoms with Crippen LogP contribution in [0.1, 0.15) is 53.5 Å². The zero-order valence-electron chi connectivity index (χ0n) is 16.9. The predicted octanol–water partition coefficient (Wildman–Crippen LogP) is 3.71. The minimum atomic E-state index is -0.340. The molecule has 0 atom stereocenters. The first-order chi connectivity index (χ1) is 15.2. The van der Waals surface area contributed by atoms with Gasteiger partial charge in [-0.3, -0.25) is 10.1 Å². The Morgan fingerprint density at radius 1 is 1.19 bits per heavy atom. The van der Waals surface area contributed by atoms with Gasteiger partial charge in [0.05, 0.1) is 42.2 Å². The Balaban J connectivity index is 1.33. The van der Waals surface area contributed by atoms with Gasteiger partial charge in [0.25, 0.3) is 5.91 Å². The fourth-order valence-electron chi connectivity index (χ4n) is 3.37. The van der Waals surface area contributed by atoms with Crippen molar-refractivity contribution in [3.05, 3.63) is 59.7 Å². The predicted molar refractivity (Wildman–Crippen MR) is 118 cm³/mol. The summed E-state index contributed by atoms with van der Waals surface area (Å²) >= 11 is 1.41. The lowest BCUT2D eigenvalue weighted by molar-refractivity contribution is 0.102. The Hall–Kier alpha value is -3.40. The summed E-state index contributed by atoms with van der Waals surface area (Å²) in [5.74, 6) is 0.414. The van der Waals surface area contributed by atoms with Crippen LogP contribution in [0.5, 0.6) is 0 Å². The number of hydrogen-bond acceptors (Lipinski definition) is 9. The molecule has 1 amide bonds. The molecule has 2 N–H and O–H groups in total. The number of anilines is 3. The molecule has 3 aromatic rings. The van der Waals surface area contributed by atoms with Crippen molar-refractivity contribution in [2.24, 2.45) is 0 Å². The van der Waals surface area contributed by atoms with Gasteiger partial charge in [0.1, 0.15) is 6.33 Å². The van der Waals surface area contributed by atoms with E-state index in [1.165, 1.54) is 17.7 Å². The normalized spacial score (nSPS) is 15.7. The van der Waals surface area contributed by atoms with E-state index in [-0.39, 0.29) is 11.6 Å². The van der Waals surface area contributed by atoms with Gasteiger partial charge in [0.15, 0.2) is 16.6 Å². The van der Waals surface area contributed by atoms with Gasteiger partial charge in [0, 0.05) is 17.8 Å². The number of amides is 1. The number of carbonyl (C=O) groups excluding carboxylic acids is 1. The van der Waals surface area contributed by atoms with Gasteiger partial charge in [-0.2, -0.15) is 0 Å². The molecule has 0 saturated heterocycles. The summed E-state index contributed by atoms with van der Waals surface area (Å²) in [5, 5.41) is 8.51. The average molecular weight is 435 g/mol. The number of hydrogen-bond donors (Lipinski definition) is 2. The van der Waals surface area contributed by atoms with Crippen molar-refractivity contribution in [3.8, 4) is 0 Å². The number of rotatable bonds is 7. The molecule has 0 spiro atoms. The van der Waals surface area contributed by atoms with Crippen molar-refractivity contribution in [1.29, 1.82) is 0 Å². The monoisotopic (exact) mass is 434 g/mol. The molecule has 1 aliphatic carbocycles. The van der Waals surface area contributed by atoms with Gasteiger partial charge in [-0.1, -0.05) is 6.08 Å². The van der Waals surface area contributed by atoms with Gasteiger partial charge in [-0.05, 0) is 31.9 Å². The van der Waals surface area contributed by atoms with Crippen LogP contribution in [0.3, 0.4) is 0 Å². The lowest BCUT2D eigenvalue weighted by Crippen LogP contribution is -2.21. The minimum Gasteiger partial charge on any atom is -0.372 e. The Bertz CT molecular complexity index is 1100. The number of allylic oxidation sites excluding steroid dienone is 1. The number of thiazole rings is 1. The van der Waals surface area contributed by atoms with Crippen molar-refractivity contribution in [1.82, 2.24) is 29.8 Å². The molecular formula is C21H22N8OS. The molecule has 1 fully saturated rings. The van der Waals surface area contributed by atoms with E-state index in [0.717, 1.165) is 50.2 Å². The minimum absolute atomic E-state index is 0.240. The third-order valence-corrected chi connectivity index (χ3v) is 5.90. The maximum Gasteiger partial charge on any atom is 0.279 e. The molecule has 3 aromatic heterocycles. The van der Waals surface area contributed by atoms with Crippen LogP contribution in [0.15, 0.2) is 42.6 Å². The second-order valence-corrected chi connectivity index (χ2v) is 8.47. The Labute approximate surface area is 183 Å². The zero-order chi connectivity index (χ0) is 21.0. The third kappa shape index (κ3) is 4.85. The molecule has 9 nitrogen and oxygen atoms in total. The van der Waals surface area contributed by atoms with Crippen LogP contribution in [0, 0.1) is 0 Å². The van der Waals surface area contributed by atoms with E-state index in [9.17, 15) is 4.79 Å². The van der Waals surface area contributed by atoms with E-state index >= 15 is 0 Å². The maximum atomic E-state index is 13.1. The van der Waals surface area contributed by atoms with Gasteiger partial charge in [0.2, 0.25) is 0 Å². The first-order valence-corrected chi connectivity index (χ1v) is 11.2. The molecule has 1 aliphatic heterocycles. The lowest BCUT2D eigenvalue weighted by Gasteiger charge is -2.22. The van der Waals surface area contributed by atoms with E-state index in [2.05, 4.69) is 52.7 Å². The molecule has 31 heavy (non-hydrogen) atoms. The highest BCUT2D eigenvalue weighted by Gasteiger charge is 2.28. The summed E-state index contributed by atoms with van der Waals surface area (Å²) in [6.45, 7) is 1.76. The fourth-order valence-corrected chi connectivity index (χ4v) is 4.07. The molecular weight excluding hydrogens is 412 g/mol. The Morgan fingerprint density at radius 3 is 2.84 bits per heavy atom. The standard InChI is InChI=1S/C21H22N8OS/c30-20(28-21-26-16(12-31-21)11-29-6-2-1-3-7-29)18-19(25-15-8-22-13-23-9-15)24-10-17(27-18)14-4-5-14/h2,6,8-10,12-14H,1,3-5,7,11H2,(H,24,25)(H,26,28,30). The molecule has 4 heterocycles. The first kappa shape index (κ1) is 19.6. The van der Waals surface area contributed by atoms with E-state index in [1.54, 1.807) is 18.6 Å². The van der Waals surface area contributed by atoms with Crippen LogP contribution < -0.4 is 10.6 Å². The van der Waals surface area contributed by atoms with Crippen molar-refractivity contribution in [3.63, 3.8) is 0 Å². The number of aromatic nitrogens is 5. The first-order valence-electron chi connectivity index (χ1n) is 10.3. The highest BCUT2D eigenvalue weighted by Crippen LogP contribution is 2.39. The highest BCUT2D eigenvalue weighted by atomic mass is 32.1. The fraction of sp³-hybridized carbons (Fsp3) is 0.333. The largest absolute Gasteiger partial charge is 0.372 e. The molecule has 0 aromatic carbocycles. The Morgan fingerprint density at radius 2 is 2.06 bits per heavy atom. The number of nitrogens with one attached hydrogen (secondary N) is 2. The topological polar surface area (TPSA) is 109 Å². The van der Waals surface area contributed by atoms with Gasteiger partial charge in [-0.25, -0.2) is 24.9 Å². The SMILES string of the molecule is O=C(Nc1nc(CN2C=CCCC2)cs1)c1nc(C2CC2)cnc1Nc1cncnc1. The molecule has 158 valence electrons. The molecule has 0 radical (unpaired) electrons. The maximum absolute atomic E-state index is 13.1. The van der Waals surface area contributed by atoms with Crippen LogP contribution in [0.4, 0.5) is 16.6 Å². The smallest absolute Gasteiger partial charge is 0.279 e. The van der Waals surface area contributed by atoms with Crippen LogP contribution in [0.2, 0.25) is 0 Å². The zero-order valence-corrected chi connectivity index (χ0v) is 17.7. The summed E-state index contributed by atoms with van der Waals surface area (Å²) in [5.41, 5.74) is 2.65. The summed E-state index contributed by atoms with van der Waals surface area (Å²) in [7, 11) is 0. The molecule has 0 bridgehead atoms. The van der Waals surface area contributed by atoms with Gasteiger partial charge >= 0.3 is 0 Å². The van der Waals surface area contributed by atoms with Crippen LogP contribution in [0.25, 0.3) is 0 Å². The average Bonchev–Trinajstić information content (AvgIpc) is 3.56.